The summed E-state index contributed by atoms with van der Waals surface area (Å²) in [5, 5.41) is 0. The van der Waals surface area contributed by atoms with E-state index in [-0.39, 0.29) is 5.60 Å². The summed E-state index contributed by atoms with van der Waals surface area (Å²) >= 11 is 5.98. The molecule has 1 saturated heterocycles. The first-order valence-electron chi connectivity index (χ1n) is 4.84. The predicted octanol–water partition coefficient (Wildman–Crippen LogP) is 3.07. The maximum absolute atomic E-state index is 5.98. The van der Waals surface area contributed by atoms with E-state index in [2.05, 4.69) is 20.8 Å². The molecule has 0 bridgehead atoms. The van der Waals surface area contributed by atoms with Crippen molar-refractivity contribution in [2.75, 3.05) is 12.5 Å². The van der Waals surface area contributed by atoms with E-state index < -0.39 is 0 Å². The van der Waals surface area contributed by atoms with Gasteiger partial charge in [-0.25, -0.2) is 0 Å². The second-order valence-corrected chi connectivity index (χ2v) is 4.40. The minimum Gasteiger partial charge on any atom is -0.373 e. The molecule has 72 valence electrons. The van der Waals surface area contributed by atoms with Gasteiger partial charge in [0, 0.05) is 0 Å². The Morgan fingerprint density at radius 3 is 2.67 bits per heavy atom. The van der Waals surface area contributed by atoms with Gasteiger partial charge in [0.1, 0.15) is 0 Å². The van der Waals surface area contributed by atoms with Crippen molar-refractivity contribution in [1.82, 2.24) is 0 Å². The van der Waals surface area contributed by atoms with Gasteiger partial charge in [0.05, 0.1) is 18.1 Å². The van der Waals surface area contributed by atoms with Crippen LogP contribution in [0.5, 0.6) is 0 Å². The Balaban J connectivity index is 2.63. The lowest BCUT2D eigenvalue weighted by Gasteiger charge is -2.32. The molecule has 1 fully saturated rings. The zero-order chi connectivity index (χ0) is 9.19. The van der Waals surface area contributed by atoms with Crippen molar-refractivity contribution >= 4 is 11.6 Å². The lowest BCUT2D eigenvalue weighted by molar-refractivity contribution is -0.0214. The molecule has 0 aromatic heterocycles. The van der Waals surface area contributed by atoms with E-state index in [1.165, 1.54) is 0 Å². The molecular formula is C10H19ClO. The van der Waals surface area contributed by atoms with Crippen molar-refractivity contribution in [3.8, 4) is 0 Å². The number of alkyl halides is 1. The van der Waals surface area contributed by atoms with Crippen molar-refractivity contribution < 1.29 is 4.74 Å². The number of halogens is 1. The molecule has 1 heterocycles. The number of hydrogen-bond donors (Lipinski definition) is 0. The normalized spacial score (nSPS) is 38.5. The Morgan fingerprint density at radius 2 is 2.33 bits per heavy atom. The van der Waals surface area contributed by atoms with Crippen molar-refractivity contribution in [3.05, 3.63) is 0 Å². The summed E-state index contributed by atoms with van der Waals surface area (Å²) in [7, 11) is 0. The van der Waals surface area contributed by atoms with Crippen molar-refractivity contribution in [3.63, 3.8) is 0 Å². The van der Waals surface area contributed by atoms with Gasteiger partial charge in [-0.3, -0.25) is 0 Å². The highest BCUT2D eigenvalue weighted by Crippen LogP contribution is 2.38. The standard InChI is InChI=1S/C10H19ClO/c1-4-9(3)10(7-11)5-8(2)6-12-10/h8-9H,4-7H2,1-3H3. The summed E-state index contributed by atoms with van der Waals surface area (Å²) in [6.45, 7) is 7.56. The zero-order valence-electron chi connectivity index (χ0n) is 8.27. The van der Waals surface area contributed by atoms with Crippen LogP contribution in [0.25, 0.3) is 0 Å². The largest absolute Gasteiger partial charge is 0.373 e. The molecule has 0 aliphatic carbocycles. The molecule has 0 aromatic rings. The Kier molecular flexibility index (Phi) is 3.42. The van der Waals surface area contributed by atoms with Crippen LogP contribution in [0.2, 0.25) is 0 Å². The molecule has 0 saturated carbocycles. The van der Waals surface area contributed by atoms with Crippen LogP contribution in [-0.2, 0) is 4.74 Å². The fourth-order valence-corrected chi connectivity index (χ4v) is 2.41. The highest BCUT2D eigenvalue weighted by Gasteiger charge is 2.41. The van der Waals surface area contributed by atoms with Gasteiger partial charge in [0.2, 0.25) is 0 Å². The first-order valence-corrected chi connectivity index (χ1v) is 5.38. The van der Waals surface area contributed by atoms with Gasteiger partial charge in [-0.1, -0.05) is 27.2 Å². The van der Waals surface area contributed by atoms with E-state index in [9.17, 15) is 0 Å². The Bertz CT molecular complexity index is 149. The van der Waals surface area contributed by atoms with E-state index in [0.717, 1.165) is 19.4 Å². The summed E-state index contributed by atoms with van der Waals surface area (Å²) in [4.78, 5) is 0. The number of hydrogen-bond acceptors (Lipinski definition) is 1. The molecule has 0 radical (unpaired) electrons. The van der Waals surface area contributed by atoms with Crippen LogP contribution in [0.3, 0.4) is 0 Å². The fraction of sp³-hybridized carbons (Fsp3) is 1.00. The van der Waals surface area contributed by atoms with E-state index in [1.807, 2.05) is 0 Å². The van der Waals surface area contributed by atoms with Crippen LogP contribution in [0.15, 0.2) is 0 Å². The number of rotatable bonds is 3. The van der Waals surface area contributed by atoms with Crippen molar-refractivity contribution in [1.29, 1.82) is 0 Å². The smallest absolute Gasteiger partial charge is 0.0845 e. The van der Waals surface area contributed by atoms with Crippen molar-refractivity contribution in [2.45, 2.75) is 39.2 Å². The quantitative estimate of drug-likeness (QED) is 0.622. The average Bonchev–Trinajstić information content (AvgIpc) is 2.47. The van der Waals surface area contributed by atoms with Crippen LogP contribution in [0.1, 0.15) is 33.6 Å². The maximum Gasteiger partial charge on any atom is 0.0845 e. The maximum atomic E-state index is 5.98. The average molecular weight is 191 g/mol. The summed E-state index contributed by atoms with van der Waals surface area (Å²) in [6.07, 6.45) is 2.28. The van der Waals surface area contributed by atoms with Crippen LogP contribution in [0, 0.1) is 11.8 Å². The Hall–Kier alpha value is 0.250. The van der Waals surface area contributed by atoms with Crippen LogP contribution in [0.4, 0.5) is 0 Å². The first-order chi connectivity index (χ1) is 5.64. The third-order valence-electron chi connectivity index (χ3n) is 3.09. The molecule has 0 spiro atoms. The topological polar surface area (TPSA) is 9.23 Å². The van der Waals surface area contributed by atoms with Crippen LogP contribution >= 0.6 is 11.6 Å². The van der Waals surface area contributed by atoms with Crippen LogP contribution < -0.4 is 0 Å². The Morgan fingerprint density at radius 1 is 1.67 bits per heavy atom. The fourth-order valence-electron chi connectivity index (χ4n) is 1.96. The molecule has 1 aliphatic heterocycles. The molecule has 0 amide bonds. The van der Waals surface area contributed by atoms with E-state index in [4.69, 9.17) is 16.3 Å². The minimum absolute atomic E-state index is 0.0181. The zero-order valence-corrected chi connectivity index (χ0v) is 9.03. The lowest BCUT2D eigenvalue weighted by atomic mass is 9.84. The predicted molar refractivity (Wildman–Crippen MR) is 52.6 cm³/mol. The van der Waals surface area contributed by atoms with E-state index >= 15 is 0 Å². The molecule has 3 unspecified atom stereocenters. The van der Waals surface area contributed by atoms with E-state index in [0.29, 0.717) is 17.7 Å². The second kappa shape index (κ2) is 3.97. The monoisotopic (exact) mass is 190 g/mol. The summed E-state index contributed by atoms with van der Waals surface area (Å²) < 4.78 is 5.82. The Labute approximate surface area is 80.4 Å². The molecule has 0 aromatic carbocycles. The minimum atomic E-state index is -0.0181. The lowest BCUT2D eigenvalue weighted by Crippen LogP contribution is -2.37. The third-order valence-corrected chi connectivity index (χ3v) is 3.54. The van der Waals surface area contributed by atoms with Gasteiger partial charge in [-0.05, 0) is 18.3 Å². The molecular weight excluding hydrogens is 172 g/mol. The van der Waals surface area contributed by atoms with Gasteiger partial charge in [0.25, 0.3) is 0 Å². The summed E-state index contributed by atoms with van der Waals surface area (Å²) in [6, 6.07) is 0. The highest BCUT2D eigenvalue weighted by molar-refractivity contribution is 6.18. The highest BCUT2D eigenvalue weighted by atomic mass is 35.5. The molecule has 1 nitrogen and oxygen atoms in total. The van der Waals surface area contributed by atoms with Gasteiger partial charge in [0.15, 0.2) is 0 Å². The van der Waals surface area contributed by atoms with Gasteiger partial charge in [-0.2, -0.15) is 0 Å². The first kappa shape index (κ1) is 10.3. The number of ether oxygens (including phenoxy) is 1. The molecule has 1 aliphatic rings. The van der Waals surface area contributed by atoms with Gasteiger partial charge in [-0.15, -0.1) is 11.6 Å². The second-order valence-electron chi connectivity index (χ2n) is 4.13. The molecule has 3 atom stereocenters. The van der Waals surface area contributed by atoms with Gasteiger partial charge >= 0.3 is 0 Å². The summed E-state index contributed by atoms with van der Waals surface area (Å²) in [5.74, 6) is 1.91. The molecule has 2 heteroatoms. The third kappa shape index (κ3) is 1.77. The van der Waals surface area contributed by atoms with E-state index in [1.54, 1.807) is 0 Å². The molecule has 1 rings (SSSR count). The molecule has 0 N–H and O–H groups in total. The van der Waals surface area contributed by atoms with Crippen molar-refractivity contribution in [2.24, 2.45) is 11.8 Å². The van der Waals surface area contributed by atoms with Gasteiger partial charge < -0.3 is 4.74 Å². The molecule has 12 heavy (non-hydrogen) atoms. The van der Waals surface area contributed by atoms with Crippen LogP contribution in [-0.4, -0.2) is 18.1 Å². The SMILES string of the molecule is CCC(C)C1(CCl)CC(C)CO1. The summed E-state index contributed by atoms with van der Waals surface area (Å²) in [5.41, 5.74) is -0.0181.